The van der Waals surface area contributed by atoms with Gasteiger partial charge in [-0.2, -0.15) is 4.31 Å². The predicted molar refractivity (Wildman–Crippen MR) is 121 cm³/mol. The number of sulfonamides is 1. The highest BCUT2D eigenvalue weighted by molar-refractivity contribution is 7.89. The molecule has 2 heterocycles. The van der Waals surface area contributed by atoms with E-state index in [1.165, 1.54) is 22.1 Å². The van der Waals surface area contributed by atoms with Crippen LogP contribution in [0, 0.1) is 5.82 Å². The number of nitrogens with zero attached hydrogens (tertiary/aromatic N) is 4. The Morgan fingerprint density at radius 1 is 0.812 bits per heavy atom. The molecule has 0 saturated carbocycles. The van der Waals surface area contributed by atoms with Crippen LogP contribution < -0.4 is 4.90 Å². The number of hydrogen-bond donors (Lipinski definition) is 0. The number of para-hydroxylation sites is 1. The average molecular weight is 461 g/mol. The second-order valence-corrected chi connectivity index (χ2v) is 10.1. The number of piperazine rings is 1. The van der Waals surface area contributed by atoms with Gasteiger partial charge in [-0.25, -0.2) is 12.8 Å². The molecule has 0 bridgehead atoms. The van der Waals surface area contributed by atoms with Crippen molar-refractivity contribution in [2.24, 2.45) is 0 Å². The Kier molecular flexibility index (Phi) is 7.07. The van der Waals surface area contributed by atoms with E-state index in [9.17, 15) is 17.6 Å². The van der Waals surface area contributed by atoms with Crippen molar-refractivity contribution >= 4 is 21.6 Å². The molecule has 2 aliphatic rings. The second-order valence-electron chi connectivity index (χ2n) is 8.19. The summed E-state index contributed by atoms with van der Waals surface area (Å²) in [4.78, 5) is 19.2. The van der Waals surface area contributed by atoms with Crippen molar-refractivity contribution in [1.82, 2.24) is 14.1 Å². The van der Waals surface area contributed by atoms with Crippen molar-refractivity contribution in [3.63, 3.8) is 0 Å². The first-order chi connectivity index (χ1) is 15.4. The summed E-state index contributed by atoms with van der Waals surface area (Å²) in [5.74, 6) is -0.373. The van der Waals surface area contributed by atoms with Crippen LogP contribution in [0.5, 0.6) is 0 Å². The maximum Gasteiger partial charge on any atom is 0.243 e. The molecule has 0 aliphatic carbocycles. The Bertz CT molecular complexity index is 1010. The van der Waals surface area contributed by atoms with Gasteiger partial charge in [0.1, 0.15) is 5.82 Å². The topological polar surface area (TPSA) is 64.2 Å². The zero-order valence-corrected chi connectivity index (χ0v) is 18.9. The van der Waals surface area contributed by atoms with E-state index in [4.69, 9.17) is 0 Å². The Morgan fingerprint density at radius 3 is 2.19 bits per heavy atom. The molecule has 0 N–H and O–H groups in total. The van der Waals surface area contributed by atoms with E-state index in [-0.39, 0.29) is 10.8 Å². The zero-order chi connectivity index (χ0) is 22.6. The van der Waals surface area contributed by atoms with Crippen LogP contribution in [0.2, 0.25) is 0 Å². The normalized spacial score (nSPS) is 19.0. The molecule has 32 heavy (non-hydrogen) atoms. The van der Waals surface area contributed by atoms with Gasteiger partial charge in [-0.1, -0.05) is 18.2 Å². The number of amides is 1. The molecule has 0 unspecified atom stereocenters. The highest BCUT2D eigenvalue weighted by Crippen LogP contribution is 2.19. The van der Waals surface area contributed by atoms with Crippen LogP contribution in [0.15, 0.2) is 59.5 Å². The molecule has 2 fully saturated rings. The van der Waals surface area contributed by atoms with Crippen molar-refractivity contribution in [3.8, 4) is 0 Å². The summed E-state index contributed by atoms with van der Waals surface area (Å²) in [5, 5.41) is 0. The number of benzene rings is 2. The van der Waals surface area contributed by atoms with Crippen LogP contribution in [0.25, 0.3) is 0 Å². The molecule has 1 amide bonds. The second kappa shape index (κ2) is 9.97. The third-order valence-electron chi connectivity index (χ3n) is 6.11. The van der Waals surface area contributed by atoms with Gasteiger partial charge in [0.05, 0.1) is 11.4 Å². The lowest BCUT2D eigenvalue weighted by molar-refractivity contribution is -0.132. The van der Waals surface area contributed by atoms with Gasteiger partial charge in [-0.15, -0.1) is 0 Å². The number of halogens is 1. The van der Waals surface area contributed by atoms with E-state index >= 15 is 0 Å². The highest BCUT2D eigenvalue weighted by atomic mass is 32.2. The van der Waals surface area contributed by atoms with E-state index in [1.807, 2.05) is 28.0 Å². The van der Waals surface area contributed by atoms with E-state index in [0.29, 0.717) is 52.2 Å². The summed E-state index contributed by atoms with van der Waals surface area (Å²) in [6.07, 6.45) is 0.648. The first-order valence-electron chi connectivity index (χ1n) is 11.0. The van der Waals surface area contributed by atoms with Gasteiger partial charge in [0.25, 0.3) is 0 Å². The summed E-state index contributed by atoms with van der Waals surface area (Å²) in [5.41, 5.74) is 1.18. The number of carbonyl (C=O) groups is 1. The molecule has 0 spiro atoms. The van der Waals surface area contributed by atoms with Crippen molar-refractivity contribution < 1.29 is 17.6 Å². The lowest BCUT2D eigenvalue weighted by atomic mass is 10.2. The molecule has 0 aromatic heterocycles. The average Bonchev–Trinajstić information content (AvgIpc) is 3.06. The van der Waals surface area contributed by atoms with Crippen molar-refractivity contribution in [2.45, 2.75) is 11.3 Å². The summed E-state index contributed by atoms with van der Waals surface area (Å²) < 4.78 is 40.4. The fraction of sp³-hybridized carbons (Fsp3) is 0.435. The maximum atomic E-state index is 13.2. The van der Waals surface area contributed by atoms with E-state index in [0.717, 1.165) is 25.2 Å². The predicted octanol–water partition coefficient (Wildman–Crippen LogP) is 1.87. The van der Waals surface area contributed by atoms with Gasteiger partial charge in [0.15, 0.2) is 0 Å². The maximum absolute atomic E-state index is 13.2. The third kappa shape index (κ3) is 5.28. The molecule has 2 saturated heterocycles. The largest absolute Gasteiger partial charge is 0.368 e. The number of hydrogen-bond acceptors (Lipinski definition) is 5. The summed E-state index contributed by atoms with van der Waals surface area (Å²) in [6.45, 7) is 5.16. The lowest BCUT2D eigenvalue weighted by Crippen LogP contribution is -2.51. The summed E-state index contributed by atoms with van der Waals surface area (Å²) in [6, 6.07) is 15.1. The minimum absolute atomic E-state index is 0.0903. The number of carbonyl (C=O) groups excluding carboxylic acids is 1. The molecule has 0 radical (unpaired) electrons. The molecule has 7 nitrogen and oxygen atoms in total. The van der Waals surface area contributed by atoms with Crippen molar-refractivity contribution in [1.29, 1.82) is 0 Å². The Balaban J connectivity index is 1.29. The first kappa shape index (κ1) is 22.7. The molecule has 2 aromatic carbocycles. The highest BCUT2D eigenvalue weighted by Gasteiger charge is 2.28. The van der Waals surface area contributed by atoms with E-state index in [1.54, 1.807) is 0 Å². The molecule has 4 rings (SSSR count). The van der Waals surface area contributed by atoms with Crippen molar-refractivity contribution in [3.05, 3.63) is 60.4 Å². The lowest BCUT2D eigenvalue weighted by Gasteiger charge is -2.37. The Morgan fingerprint density at radius 2 is 1.50 bits per heavy atom. The Labute approximate surface area is 189 Å². The van der Waals surface area contributed by atoms with Gasteiger partial charge < -0.3 is 9.80 Å². The smallest absolute Gasteiger partial charge is 0.243 e. The molecule has 9 heteroatoms. The summed E-state index contributed by atoms with van der Waals surface area (Å²) >= 11 is 0. The minimum Gasteiger partial charge on any atom is -0.368 e. The van der Waals surface area contributed by atoms with Crippen LogP contribution in [-0.2, 0) is 14.8 Å². The molecular formula is C23H29FN4O3S. The molecular weight excluding hydrogens is 431 g/mol. The van der Waals surface area contributed by atoms with Crippen LogP contribution in [0.1, 0.15) is 6.42 Å². The fourth-order valence-electron chi connectivity index (χ4n) is 4.25. The van der Waals surface area contributed by atoms with Gasteiger partial charge >= 0.3 is 0 Å². The third-order valence-corrected chi connectivity index (χ3v) is 8.02. The van der Waals surface area contributed by atoms with Gasteiger partial charge in [-0.05, 0) is 49.4 Å². The van der Waals surface area contributed by atoms with Gasteiger partial charge in [0, 0.05) is 51.5 Å². The molecule has 2 aromatic rings. The fourth-order valence-corrected chi connectivity index (χ4v) is 5.72. The quantitative estimate of drug-likeness (QED) is 0.682. The Hall–Kier alpha value is -2.49. The zero-order valence-electron chi connectivity index (χ0n) is 18.1. The minimum atomic E-state index is -3.67. The monoisotopic (exact) mass is 460 g/mol. The van der Waals surface area contributed by atoms with E-state index < -0.39 is 15.8 Å². The van der Waals surface area contributed by atoms with Gasteiger partial charge in [0.2, 0.25) is 15.9 Å². The summed E-state index contributed by atoms with van der Waals surface area (Å²) in [7, 11) is -3.67. The van der Waals surface area contributed by atoms with Crippen LogP contribution in [0.3, 0.4) is 0 Å². The van der Waals surface area contributed by atoms with Crippen LogP contribution >= 0.6 is 0 Å². The molecule has 2 aliphatic heterocycles. The van der Waals surface area contributed by atoms with E-state index in [2.05, 4.69) is 17.0 Å². The standard InChI is InChI=1S/C23H29FN4O3S/c24-20-7-9-22(10-8-20)32(30,31)28-12-4-11-25(13-18-28)19-23(29)27-16-14-26(15-17-27)21-5-2-1-3-6-21/h1-3,5-10H,4,11-19H2. The van der Waals surface area contributed by atoms with Crippen LogP contribution in [-0.4, -0.2) is 87.3 Å². The van der Waals surface area contributed by atoms with Crippen LogP contribution in [0.4, 0.5) is 10.1 Å². The molecule has 172 valence electrons. The first-order valence-corrected chi connectivity index (χ1v) is 12.4. The van der Waals surface area contributed by atoms with Crippen molar-refractivity contribution in [2.75, 3.05) is 63.8 Å². The molecule has 0 atom stereocenters. The number of anilines is 1. The number of rotatable bonds is 5. The van der Waals surface area contributed by atoms with Gasteiger partial charge in [-0.3, -0.25) is 9.69 Å². The SMILES string of the molecule is O=C(CN1CCCN(S(=O)(=O)c2ccc(F)cc2)CC1)N1CCN(c2ccccc2)CC1.